The monoisotopic (exact) mass is 474 g/mol. The van der Waals surface area contributed by atoms with Gasteiger partial charge in [0.15, 0.2) is 11.2 Å². The van der Waals surface area contributed by atoms with Gasteiger partial charge in [0.2, 0.25) is 11.9 Å². The second-order valence-corrected chi connectivity index (χ2v) is 9.14. The molecule has 0 radical (unpaired) electrons. The van der Waals surface area contributed by atoms with E-state index in [-0.39, 0.29) is 35.5 Å². The number of hydrogen-bond acceptors (Lipinski definition) is 10. The molecule has 2 aromatic heterocycles. The molecule has 1 saturated heterocycles. The molecule has 174 valence electrons. The van der Waals surface area contributed by atoms with Crippen LogP contribution in [0.1, 0.15) is 29.6 Å². The number of aliphatic hydroxyl groups excluding tert-OH is 2. The number of anilines is 1. The fourth-order valence-electron chi connectivity index (χ4n) is 3.22. The van der Waals surface area contributed by atoms with E-state index in [4.69, 9.17) is 4.74 Å². The number of rotatable bonds is 6. The first kappa shape index (κ1) is 22.9. The van der Waals surface area contributed by atoms with Crippen LogP contribution in [0.25, 0.3) is 11.2 Å². The van der Waals surface area contributed by atoms with E-state index in [0.29, 0.717) is 5.56 Å². The highest BCUT2D eigenvalue weighted by Crippen LogP contribution is 2.42. The number of carbonyl (C=O) groups excluding carboxylic acids is 2. The lowest BCUT2D eigenvalue weighted by Gasteiger charge is -2.16. The Hall–Kier alpha value is -3.29. The highest BCUT2D eigenvalue weighted by molar-refractivity contribution is 8.00. The van der Waals surface area contributed by atoms with Crippen LogP contribution >= 0.6 is 11.8 Å². The van der Waals surface area contributed by atoms with Crippen LogP contribution in [0.2, 0.25) is 0 Å². The molecule has 1 aromatic carbocycles. The molecule has 1 aliphatic heterocycles. The van der Waals surface area contributed by atoms with Gasteiger partial charge in [0.05, 0.1) is 16.9 Å². The number of aromatic amines is 1. The summed E-state index contributed by atoms with van der Waals surface area (Å²) in [6.07, 6.45) is -2.53. The lowest BCUT2D eigenvalue weighted by atomic mass is 10.1. The number of esters is 1. The minimum absolute atomic E-state index is 0.0310. The van der Waals surface area contributed by atoms with Crippen LogP contribution in [0, 0.1) is 5.92 Å². The summed E-state index contributed by atoms with van der Waals surface area (Å²) in [5, 5.41) is 29.9. The second-order valence-electron chi connectivity index (χ2n) is 7.78. The lowest BCUT2D eigenvalue weighted by molar-refractivity contribution is -0.118. The number of aromatic nitrogens is 5. The van der Waals surface area contributed by atoms with Crippen molar-refractivity contribution < 1.29 is 24.5 Å². The van der Waals surface area contributed by atoms with Crippen LogP contribution < -0.4 is 10.9 Å². The van der Waals surface area contributed by atoms with Gasteiger partial charge in [0.1, 0.15) is 18.1 Å². The SMILES string of the molecule is CC(C)C(=O)Nc1nc2c(nnn2[C@@H]2S[C@H](COC(=O)c3ccccc3)[C@@H](O)[C@H]2O)c(=O)[nH]1. The van der Waals surface area contributed by atoms with Crippen molar-refractivity contribution in [3.63, 3.8) is 0 Å². The standard InChI is InChI=1S/C20H22N6O6S/c1-9(2)16(29)22-20-21-15-12(17(30)23-20)24-25-26(15)18-14(28)13(27)11(33-18)8-32-19(31)10-6-4-3-5-7-10/h3-7,9,11,13-14,18,27-28H,8H2,1-2H3,(H2,21,22,23,29,30)/t11-,13-,14-,18-/m1/s1. The molecule has 12 nitrogen and oxygen atoms in total. The van der Waals surface area contributed by atoms with E-state index < -0.39 is 34.4 Å². The summed E-state index contributed by atoms with van der Waals surface area (Å²) < 4.78 is 6.51. The Kier molecular flexibility index (Phi) is 6.44. The zero-order chi connectivity index (χ0) is 23.7. The van der Waals surface area contributed by atoms with Crippen LogP contribution in [-0.2, 0) is 9.53 Å². The van der Waals surface area contributed by atoms with Crippen LogP contribution in [-0.4, -0.2) is 71.1 Å². The Labute approximate surface area is 191 Å². The maximum absolute atomic E-state index is 12.4. The van der Waals surface area contributed by atoms with Gasteiger partial charge in [-0.25, -0.2) is 9.48 Å². The molecular formula is C20H22N6O6S. The van der Waals surface area contributed by atoms with Gasteiger partial charge < -0.3 is 14.9 Å². The molecule has 3 heterocycles. The highest BCUT2D eigenvalue weighted by Gasteiger charge is 2.45. The Bertz CT molecular complexity index is 1230. The van der Waals surface area contributed by atoms with E-state index in [1.54, 1.807) is 44.2 Å². The Morgan fingerprint density at radius 3 is 2.67 bits per heavy atom. The minimum Gasteiger partial charge on any atom is -0.461 e. The van der Waals surface area contributed by atoms with Crippen molar-refractivity contribution in [1.82, 2.24) is 25.0 Å². The number of carbonyl (C=O) groups is 2. The predicted octanol–water partition coefficient (Wildman–Crippen LogP) is 0.302. The van der Waals surface area contributed by atoms with Gasteiger partial charge in [0.25, 0.3) is 5.56 Å². The van der Waals surface area contributed by atoms with Crippen LogP contribution in [0.4, 0.5) is 5.95 Å². The van der Waals surface area contributed by atoms with Gasteiger partial charge in [-0.15, -0.1) is 16.9 Å². The van der Waals surface area contributed by atoms with Crippen molar-refractivity contribution in [2.75, 3.05) is 11.9 Å². The number of aliphatic hydroxyl groups is 2. The molecule has 1 aliphatic rings. The zero-order valence-corrected chi connectivity index (χ0v) is 18.5. The van der Waals surface area contributed by atoms with Crippen LogP contribution in [0.15, 0.2) is 35.1 Å². The Balaban J connectivity index is 1.54. The van der Waals surface area contributed by atoms with Crippen molar-refractivity contribution in [3.8, 4) is 0 Å². The number of thioether (sulfide) groups is 1. The van der Waals surface area contributed by atoms with Crippen molar-refractivity contribution in [3.05, 3.63) is 46.2 Å². The van der Waals surface area contributed by atoms with E-state index in [2.05, 4.69) is 25.6 Å². The molecule has 4 rings (SSSR count). The molecule has 0 aliphatic carbocycles. The van der Waals surface area contributed by atoms with E-state index >= 15 is 0 Å². The first-order valence-electron chi connectivity index (χ1n) is 10.2. The van der Waals surface area contributed by atoms with E-state index in [9.17, 15) is 24.6 Å². The van der Waals surface area contributed by atoms with Crippen molar-refractivity contribution in [2.24, 2.45) is 5.92 Å². The van der Waals surface area contributed by atoms with Gasteiger partial charge >= 0.3 is 5.97 Å². The first-order valence-corrected chi connectivity index (χ1v) is 11.1. The average Bonchev–Trinajstić information content (AvgIpc) is 3.34. The average molecular weight is 474 g/mol. The van der Waals surface area contributed by atoms with Gasteiger partial charge in [0, 0.05) is 5.92 Å². The summed E-state index contributed by atoms with van der Waals surface area (Å²) >= 11 is 1.11. The summed E-state index contributed by atoms with van der Waals surface area (Å²) in [6, 6.07) is 8.41. The highest BCUT2D eigenvalue weighted by atomic mass is 32.2. The molecule has 0 saturated carbocycles. The van der Waals surface area contributed by atoms with Crippen molar-refractivity contribution >= 4 is 40.8 Å². The lowest BCUT2D eigenvalue weighted by Crippen LogP contribution is -2.34. The van der Waals surface area contributed by atoms with Crippen LogP contribution in [0.3, 0.4) is 0 Å². The second kappa shape index (κ2) is 9.29. The number of nitrogens with zero attached hydrogens (tertiary/aromatic N) is 4. The molecule has 33 heavy (non-hydrogen) atoms. The smallest absolute Gasteiger partial charge is 0.338 e. The fraction of sp³-hybridized carbons (Fsp3) is 0.400. The van der Waals surface area contributed by atoms with Crippen LogP contribution in [0.5, 0.6) is 0 Å². The number of H-pyrrole nitrogens is 1. The third-order valence-electron chi connectivity index (χ3n) is 5.07. The topological polar surface area (TPSA) is 172 Å². The maximum atomic E-state index is 12.4. The molecule has 1 amide bonds. The van der Waals surface area contributed by atoms with E-state index in [1.807, 2.05) is 0 Å². The number of amides is 1. The fourth-order valence-corrected chi connectivity index (χ4v) is 4.62. The predicted molar refractivity (Wildman–Crippen MR) is 119 cm³/mol. The maximum Gasteiger partial charge on any atom is 0.338 e. The first-order chi connectivity index (χ1) is 15.8. The molecule has 3 aromatic rings. The minimum atomic E-state index is -1.30. The van der Waals surface area contributed by atoms with Gasteiger partial charge in [-0.2, -0.15) is 4.98 Å². The largest absolute Gasteiger partial charge is 0.461 e. The molecule has 1 fully saturated rings. The molecule has 0 spiro atoms. The van der Waals surface area contributed by atoms with Gasteiger partial charge in [-0.1, -0.05) is 37.3 Å². The third kappa shape index (κ3) is 4.60. The molecular weight excluding hydrogens is 452 g/mol. The van der Waals surface area contributed by atoms with Crippen molar-refractivity contribution in [1.29, 1.82) is 0 Å². The van der Waals surface area contributed by atoms with E-state index in [0.717, 1.165) is 11.8 Å². The third-order valence-corrected chi connectivity index (χ3v) is 6.59. The number of fused-ring (bicyclic) bond motifs is 1. The number of benzene rings is 1. The number of nitrogens with one attached hydrogen (secondary N) is 2. The molecule has 4 atom stereocenters. The Morgan fingerprint density at radius 1 is 1.24 bits per heavy atom. The van der Waals surface area contributed by atoms with Gasteiger partial charge in [-0.3, -0.25) is 19.9 Å². The van der Waals surface area contributed by atoms with Gasteiger partial charge in [-0.05, 0) is 12.1 Å². The number of ether oxygens (including phenoxy) is 1. The van der Waals surface area contributed by atoms with E-state index in [1.165, 1.54) is 4.68 Å². The number of hydrogen-bond donors (Lipinski definition) is 4. The summed E-state index contributed by atoms with van der Waals surface area (Å²) in [6.45, 7) is 3.23. The Morgan fingerprint density at radius 2 is 1.97 bits per heavy atom. The van der Waals surface area contributed by atoms with Crippen molar-refractivity contribution in [2.45, 2.75) is 36.7 Å². The normalized spacial score (nSPS) is 22.6. The quantitative estimate of drug-likeness (QED) is 0.364. The molecule has 0 unspecified atom stereocenters. The molecule has 13 heteroatoms. The molecule has 0 bridgehead atoms. The summed E-state index contributed by atoms with van der Waals surface area (Å²) in [5.41, 5.74) is -0.298. The summed E-state index contributed by atoms with van der Waals surface area (Å²) in [5.74, 6) is -1.31. The molecule has 4 N–H and O–H groups in total. The summed E-state index contributed by atoms with van der Waals surface area (Å²) in [7, 11) is 0. The zero-order valence-electron chi connectivity index (χ0n) is 17.7. The summed E-state index contributed by atoms with van der Waals surface area (Å²) in [4.78, 5) is 43.2.